The van der Waals surface area contributed by atoms with E-state index in [9.17, 15) is 0 Å². The van der Waals surface area contributed by atoms with Gasteiger partial charge in [0.2, 0.25) is 0 Å². The van der Waals surface area contributed by atoms with Crippen LogP contribution in [0.15, 0.2) is 6.07 Å². The molecule has 0 aromatic carbocycles. The van der Waals surface area contributed by atoms with Crippen molar-refractivity contribution in [3.8, 4) is 0 Å². The molecule has 2 N–H and O–H groups in total. The Labute approximate surface area is 122 Å². The Morgan fingerprint density at radius 1 is 1.37 bits per heavy atom. The number of likely N-dealkylation sites (tertiary alicyclic amines) is 1. The standard InChI is InChI=1S/C16H28N2S/c1-4-8-18-9-6-5-7-14(11-17)16(18)15-10-12(2)19-13(15)3/h10,14,16H,4-9,11,17H2,1-3H3. The van der Waals surface area contributed by atoms with E-state index in [2.05, 4.69) is 31.7 Å². The summed E-state index contributed by atoms with van der Waals surface area (Å²) in [5.41, 5.74) is 7.64. The van der Waals surface area contributed by atoms with Gasteiger partial charge in [0.1, 0.15) is 0 Å². The molecule has 1 aliphatic heterocycles. The third kappa shape index (κ3) is 3.39. The molecule has 3 heteroatoms. The monoisotopic (exact) mass is 280 g/mol. The zero-order valence-corrected chi connectivity index (χ0v) is 13.4. The fourth-order valence-corrected chi connectivity index (χ4v) is 4.46. The Kier molecular flexibility index (Phi) is 5.43. The van der Waals surface area contributed by atoms with E-state index in [1.54, 1.807) is 5.56 Å². The first kappa shape index (κ1) is 15.0. The topological polar surface area (TPSA) is 29.3 Å². The largest absolute Gasteiger partial charge is 0.330 e. The van der Waals surface area contributed by atoms with Gasteiger partial charge in [-0.05, 0) is 70.3 Å². The van der Waals surface area contributed by atoms with E-state index in [-0.39, 0.29) is 0 Å². The molecule has 0 spiro atoms. The number of hydrogen-bond donors (Lipinski definition) is 1. The molecule has 1 aliphatic rings. The van der Waals surface area contributed by atoms with E-state index < -0.39 is 0 Å². The fraction of sp³-hybridized carbons (Fsp3) is 0.750. The third-order valence-electron chi connectivity index (χ3n) is 4.32. The average Bonchev–Trinajstić information content (AvgIpc) is 2.61. The van der Waals surface area contributed by atoms with Crippen LogP contribution >= 0.6 is 11.3 Å². The molecular weight excluding hydrogens is 252 g/mol. The molecule has 1 saturated heterocycles. The second-order valence-electron chi connectivity index (χ2n) is 5.84. The lowest BCUT2D eigenvalue weighted by atomic mass is 9.89. The molecule has 2 atom stereocenters. The van der Waals surface area contributed by atoms with Crippen molar-refractivity contribution in [3.63, 3.8) is 0 Å². The summed E-state index contributed by atoms with van der Waals surface area (Å²) in [5.74, 6) is 0.627. The molecule has 2 unspecified atom stereocenters. The quantitative estimate of drug-likeness (QED) is 0.907. The third-order valence-corrected chi connectivity index (χ3v) is 5.30. The van der Waals surface area contributed by atoms with Crippen LogP contribution in [0.5, 0.6) is 0 Å². The van der Waals surface area contributed by atoms with Crippen molar-refractivity contribution in [2.75, 3.05) is 19.6 Å². The van der Waals surface area contributed by atoms with Crippen molar-refractivity contribution in [1.82, 2.24) is 4.90 Å². The molecule has 2 rings (SSSR count). The first-order chi connectivity index (χ1) is 9.17. The van der Waals surface area contributed by atoms with E-state index in [1.807, 2.05) is 11.3 Å². The van der Waals surface area contributed by atoms with Crippen molar-refractivity contribution in [3.05, 3.63) is 21.4 Å². The SMILES string of the molecule is CCCN1CCCCC(CN)C1c1cc(C)sc1C. The zero-order chi connectivity index (χ0) is 13.8. The lowest BCUT2D eigenvalue weighted by Crippen LogP contribution is -2.36. The molecule has 19 heavy (non-hydrogen) atoms. The molecule has 108 valence electrons. The molecule has 1 fully saturated rings. The Bertz CT molecular complexity index is 399. The summed E-state index contributed by atoms with van der Waals surface area (Å²) in [6.07, 6.45) is 5.18. The molecule has 1 aromatic rings. The number of rotatable bonds is 4. The molecule has 0 bridgehead atoms. The van der Waals surface area contributed by atoms with Gasteiger partial charge in [0.25, 0.3) is 0 Å². The fourth-order valence-electron chi connectivity index (χ4n) is 3.50. The minimum Gasteiger partial charge on any atom is -0.330 e. The van der Waals surface area contributed by atoms with Gasteiger partial charge in [0, 0.05) is 15.8 Å². The van der Waals surface area contributed by atoms with Gasteiger partial charge in [-0.2, -0.15) is 0 Å². The van der Waals surface area contributed by atoms with Crippen LogP contribution < -0.4 is 5.73 Å². The highest BCUT2D eigenvalue weighted by atomic mass is 32.1. The van der Waals surface area contributed by atoms with Crippen LogP contribution in [-0.4, -0.2) is 24.5 Å². The number of aryl methyl sites for hydroxylation is 2. The van der Waals surface area contributed by atoms with Crippen molar-refractivity contribution >= 4 is 11.3 Å². The van der Waals surface area contributed by atoms with E-state index in [0.29, 0.717) is 12.0 Å². The van der Waals surface area contributed by atoms with Crippen molar-refractivity contribution in [2.24, 2.45) is 11.7 Å². The predicted octanol–water partition coefficient (Wildman–Crippen LogP) is 3.88. The summed E-state index contributed by atoms with van der Waals surface area (Å²) in [6.45, 7) is 10.0. The van der Waals surface area contributed by atoms with Gasteiger partial charge < -0.3 is 5.73 Å². The first-order valence-corrected chi connectivity index (χ1v) is 8.50. The van der Waals surface area contributed by atoms with Gasteiger partial charge in [-0.25, -0.2) is 0 Å². The Morgan fingerprint density at radius 2 is 2.16 bits per heavy atom. The molecule has 2 heterocycles. The molecule has 1 aromatic heterocycles. The first-order valence-electron chi connectivity index (χ1n) is 7.68. The lowest BCUT2D eigenvalue weighted by molar-refractivity contribution is 0.158. The normalized spacial score (nSPS) is 25.5. The second kappa shape index (κ2) is 6.87. The molecule has 0 saturated carbocycles. The zero-order valence-electron chi connectivity index (χ0n) is 12.6. The van der Waals surface area contributed by atoms with Crippen molar-refractivity contribution in [2.45, 2.75) is 52.5 Å². The Hall–Kier alpha value is -0.380. The van der Waals surface area contributed by atoms with Crippen molar-refractivity contribution in [1.29, 1.82) is 0 Å². The minimum atomic E-state index is 0.553. The van der Waals surface area contributed by atoms with E-state index in [4.69, 9.17) is 5.73 Å². The highest BCUT2D eigenvalue weighted by Gasteiger charge is 2.31. The summed E-state index contributed by atoms with van der Waals surface area (Å²) in [7, 11) is 0. The molecule has 0 aliphatic carbocycles. The molecular formula is C16H28N2S. The number of hydrogen-bond acceptors (Lipinski definition) is 3. The predicted molar refractivity (Wildman–Crippen MR) is 84.8 cm³/mol. The van der Waals surface area contributed by atoms with Crippen LogP contribution in [-0.2, 0) is 0 Å². The number of thiophene rings is 1. The van der Waals surface area contributed by atoms with Crippen molar-refractivity contribution < 1.29 is 0 Å². The van der Waals surface area contributed by atoms with Gasteiger partial charge in [-0.1, -0.05) is 13.3 Å². The lowest BCUT2D eigenvalue weighted by Gasteiger charge is -2.35. The summed E-state index contributed by atoms with van der Waals surface area (Å²) < 4.78 is 0. The smallest absolute Gasteiger partial charge is 0.0399 e. The average molecular weight is 280 g/mol. The van der Waals surface area contributed by atoms with Crippen LogP contribution in [0, 0.1) is 19.8 Å². The van der Waals surface area contributed by atoms with E-state index >= 15 is 0 Å². The van der Waals surface area contributed by atoms with Gasteiger partial charge in [-0.3, -0.25) is 4.90 Å². The summed E-state index contributed by atoms with van der Waals surface area (Å²) in [6, 6.07) is 2.96. The molecule has 2 nitrogen and oxygen atoms in total. The van der Waals surface area contributed by atoms with Crippen LogP contribution in [0.4, 0.5) is 0 Å². The maximum atomic E-state index is 6.09. The van der Waals surface area contributed by atoms with Gasteiger partial charge in [0.05, 0.1) is 0 Å². The maximum Gasteiger partial charge on any atom is 0.0399 e. The summed E-state index contributed by atoms with van der Waals surface area (Å²) >= 11 is 1.93. The van der Waals surface area contributed by atoms with E-state index in [1.165, 1.54) is 48.5 Å². The minimum absolute atomic E-state index is 0.553. The van der Waals surface area contributed by atoms with Gasteiger partial charge in [0.15, 0.2) is 0 Å². The Balaban J connectivity index is 2.34. The number of nitrogens with zero attached hydrogens (tertiary/aromatic N) is 1. The highest BCUT2D eigenvalue weighted by molar-refractivity contribution is 7.12. The summed E-state index contributed by atoms with van der Waals surface area (Å²) in [4.78, 5) is 5.62. The second-order valence-corrected chi connectivity index (χ2v) is 7.30. The molecule has 0 amide bonds. The van der Waals surface area contributed by atoms with Crippen LogP contribution in [0.2, 0.25) is 0 Å². The van der Waals surface area contributed by atoms with Gasteiger partial charge in [-0.15, -0.1) is 11.3 Å². The van der Waals surface area contributed by atoms with Crippen LogP contribution in [0.25, 0.3) is 0 Å². The van der Waals surface area contributed by atoms with Crippen LogP contribution in [0.3, 0.4) is 0 Å². The maximum absolute atomic E-state index is 6.09. The van der Waals surface area contributed by atoms with Crippen LogP contribution in [0.1, 0.15) is 54.0 Å². The summed E-state index contributed by atoms with van der Waals surface area (Å²) in [5, 5.41) is 0. The molecule has 0 radical (unpaired) electrons. The van der Waals surface area contributed by atoms with E-state index in [0.717, 1.165) is 6.54 Å². The van der Waals surface area contributed by atoms with Gasteiger partial charge >= 0.3 is 0 Å². The number of nitrogens with two attached hydrogens (primary N) is 1. The Morgan fingerprint density at radius 3 is 2.74 bits per heavy atom. The highest BCUT2D eigenvalue weighted by Crippen LogP contribution is 2.38.